The predicted molar refractivity (Wildman–Crippen MR) is 120 cm³/mol. The van der Waals surface area contributed by atoms with Crippen molar-refractivity contribution in [2.45, 2.75) is 26.2 Å². The molecule has 0 heterocycles. The second-order valence-electron chi connectivity index (χ2n) is 7.90. The molecular weight excluding hydrogens is 450 g/mol. The van der Waals surface area contributed by atoms with Gasteiger partial charge in [-0.2, -0.15) is 0 Å². The lowest BCUT2D eigenvalue weighted by Gasteiger charge is -2.08. The van der Waals surface area contributed by atoms with E-state index < -0.39 is 40.5 Å². The number of fused-ring (bicyclic) bond motifs is 1. The summed E-state index contributed by atoms with van der Waals surface area (Å²) in [6, 6.07) is 11.3. The Morgan fingerprint density at radius 2 is 1.41 bits per heavy atom. The van der Waals surface area contributed by atoms with Crippen molar-refractivity contribution in [3.63, 3.8) is 0 Å². The molecule has 0 radical (unpaired) electrons. The van der Waals surface area contributed by atoms with E-state index in [1.54, 1.807) is 0 Å². The summed E-state index contributed by atoms with van der Waals surface area (Å²) in [5, 5.41) is -0.0548. The third kappa shape index (κ3) is 4.65. The fourth-order valence-corrected chi connectivity index (χ4v) is 3.70. The Morgan fingerprint density at radius 1 is 0.676 bits per heavy atom. The quantitative estimate of drug-likeness (QED) is 0.161. The van der Waals surface area contributed by atoms with Crippen molar-refractivity contribution in [1.82, 2.24) is 0 Å². The molecule has 0 saturated carbocycles. The molecule has 172 valence electrons. The van der Waals surface area contributed by atoms with E-state index in [9.17, 15) is 26.3 Å². The summed E-state index contributed by atoms with van der Waals surface area (Å²) < 4.78 is 84.4. The van der Waals surface area contributed by atoms with Gasteiger partial charge in [-0.15, -0.1) is 0 Å². The maximum atomic E-state index is 14.8. The van der Waals surface area contributed by atoms with E-state index in [0.717, 1.165) is 25.0 Å². The number of rotatable bonds is 4. The second-order valence-corrected chi connectivity index (χ2v) is 7.90. The lowest BCUT2D eigenvalue weighted by Crippen LogP contribution is -1.95. The number of halogens is 6. The summed E-state index contributed by atoms with van der Waals surface area (Å²) in [5.41, 5.74) is 0.784. The van der Waals surface area contributed by atoms with Crippen LogP contribution < -0.4 is 0 Å². The Labute approximate surface area is 192 Å². The van der Waals surface area contributed by atoms with E-state index in [1.807, 2.05) is 6.92 Å². The highest BCUT2D eigenvalue weighted by atomic mass is 19.2. The van der Waals surface area contributed by atoms with E-state index in [1.165, 1.54) is 42.5 Å². The molecule has 0 fully saturated rings. The van der Waals surface area contributed by atoms with Gasteiger partial charge in [-0.1, -0.05) is 43.4 Å². The molecule has 0 aliphatic heterocycles. The zero-order valence-electron chi connectivity index (χ0n) is 18.1. The van der Waals surface area contributed by atoms with Gasteiger partial charge < -0.3 is 0 Å². The molecule has 34 heavy (non-hydrogen) atoms. The summed E-state index contributed by atoms with van der Waals surface area (Å²) in [4.78, 5) is 0. The number of hydrogen-bond donors (Lipinski definition) is 0. The maximum absolute atomic E-state index is 14.8. The van der Waals surface area contributed by atoms with E-state index >= 15 is 0 Å². The largest absolute Gasteiger partial charge is 0.206 e. The van der Waals surface area contributed by atoms with Crippen LogP contribution in [0, 0.1) is 46.7 Å². The molecule has 4 aromatic carbocycles. The van der Waals surface area contributed by atoms with E-state index in [0.29, 0.717) is 17.5 Å². The number of benzene rings is 4. The molecule has 0 saturated heterocycles. The van der Waals surface area contributed by atoms with Gasteiger partial charge in [0.1, 0.15) is 17.5 Å². The van der Waals surface area contributed by atoms with Gasteiger partial charge in [-0.05, 0) is 65.8 Å². The molecule has 0 nitrogen and oxygen atoms in total. The van der Waals surface area contributed by atoms with Gasteiger partial charge in [-0.3, -0.25) is 0 Å². The topological polar surface area (TPSA) is 0 Å². The Hall–Kier alpha value is -3.72. The molecule has 0 atom stereocenters. The molecule has 0 aromatic heterocycles. The third-order valence-corrected chi connectivity index (χ3v) is 5.51. The normalized spacial score (nSPS) is 10.9. The van der Waals surface area contributed by atoms with Crippen molar-refractivity contribution >= 4 is 10.8 Å². The van der Waals surface area contributed by atoms with Crippen LogP contribution in [0.4, 0.5) is 26.3 Å². The van der Waals surface area contributed by atoms with Crippen molar-refractivity contribution in [2.24, 2.45) is 0 Å². The average molecular weight is 468 g/mol. The standard InChI is InChI=1S/C28H18F6/c1-2-3-4-17-12-24(30)22(25(31)13-17)9-6-16-5-8-20(23(29)11-16)18-7-10-21-19(14-18)15-26(32)28(34)27(21)33/h5,7-8,10-15H,2-4H2,1H3. The highest BCUT2D eigenvalue weighted by Gasteiger charge is 2.15. The molecule has 0 amide bonds. The molecule has 4 aromatic rings. The average Bonchev–Trinajstić information content (AvgIpc) is 2.80. The summed E-state index contributed by atoms with van der Waals surface area (Å²) in [7, 11) is 0. The molecule has 0 N–H and O–H groups in total. The summed E-state index contributed by atoms with van der Waals surface area (Å²) in [5.74, 6) is -1.48. The van der Waals surface area contributed by atoms with Crippen LogP contribution >= 0.6 is 0 Å². The minimum absolute atomic E-state index is 0.0745. The minimum Gasteiger partial charge on any atom is -0.206 e. The van der Waals surface area contributed by atoms with Crippen LogP contribution in [-0.4, -0.2) is 0 Å². The first-order chi connectivity index (χ1) is 16.3. The molecule has 4 rings (SSSR count). The van der Waals surface area contributed by atoms with Gasteiger partial charge in [0.15, 0.2) is 17.5 Å². The van der Waals surface area contributed by atoms with Crippen molar-refractivity contribution in [1.29, 1.82) is 0 Å². The lowest BCUT2D eigenvalue weighted by molar-refractivity contribution is 0.453. The number of hydrogen-bond acceptors (Lipinski definition) is 0. The van der Waals surface area contributed by atoms with Crippen LogP contribution in [0.25, 0.3) is 21.9 Å². The molecule has 0 aliphatic carbocycles. The predicted octanol–water partition coefficient (Wildman–Crippen LogP) is 8.08. The Bertz CT molecular complexity index is 1440. The van der Waals surface area contributed by atoms with Crippen LogP contribution in [0.3, 0.4) is 0 Å². The first-order valence-corrected chi connectivity index (χ1v) is 10.7. The van der Waals surface area contributed by atoms with Crippen LogP contribution in [0.2, 0.25) is 0 Å². The minimum atomic E-state index is -1.57. The Morgan fingerprint density at radius 3 is 2.09 bits per heavy atom. The van der Waals surface area contributed by atoms with Crippen molar-refractivity contribution in [3.8, 4) is 23.0 Å². The highest BCUT2D eigenvalue weighted by molar-refractivity contribution is 5.88. The summed E-state index contributed by atoms with van der Waals surface area (Å²) >= 11 is 0. The van der Waals surface area contributed by atoms with Crippen LogP contribution in [0.1, 0.15) is 36.5 Å². The Kier molecular flexibility index (Phi) is 6.65. The first kappa shape index (κ1) is 23.4. The van der Waals surface area contributed by atoms with Crippen LogP contribution in [-0.2, 0) is 6.42 Å². The monoisotopic (exact) mass is 468 g/mol. The SMILES string of the molecule is CCCCc1cc(F)c(C#Cc2ccc(-c3ccc4c(F)c(F)c(F)cc4c3)c(F)c2)c(F)c1. The van der Waals surface area contributed by atoms with E-state index in [2.05, 4.69) is 11.8 Å². The molecule has 6 heteroatoms. The number of aryl methyl sites for hydroxylation is 1. The van der Waals surface area contributed by atoms with Gasteiger partial charge in [0, 0.05) is 16.5 Å². The number of unbranched alkanes of at least 4 members (excludes halogenated alkanes) is 1. The van der Waals surface area contributed by atoms with Gasteiger partial charge in [0.2, 0.25) is 0 Å². The fourth-order valence-electron chi connectivity index (χ4n) is 3.70. The van der Waals surface area contributed by atoms with Crippen LogP contribution in [0.5, 0.6) is 0 Å². The van der Waals surface area contributed by atoms with E-state index in [4.69, 9.17) is 0 Å². The maximum Gasteiger partial charge on any atom is 0.195 e. The third-order valence-electron chi connectivity index (χ3n) is 5.51. The zero-order chi connectivity index (χ0) is 24.4. The van der Waals surface area contributed by atoms with Crippen molar-refractivity contribution < 1.29 is 26.3 Å². The Balaban J connectivity index is 1.64. The molecule has 0 bridgehead atoms. The molecule has 0 spiro atoms. The van der Waals surface area contributed by atoms with Gasteiger partial charge >= 0.3 is 0 Å². The second kappa shape index (κ2) is 9.64. The molecular formula is C28H18F6. The summed E-state index contributed by atoms with van der Waals surface area (Å²) in [6.07, 6.45) is 2.28. The zero-order valence-corrected chi connectivity index (χ0v) is 18.1. The van der Waals surface area contributed by atoms with E-state index in [-0.39, 0.29) is 21.9 Å². The summed E-state index contributed by atoms with van der Waals surface area (Å²) in [6.45, 7) is 1.98. The smallest absolute Gasteiger partial charge is 0.195 e. The first-order valence-electron chi connectivity index (χ1n) is 10.7. The van der Waals surface area contributed by atoms with Crippen molar-refractivity contribution in [3.05, 3.63) is 106 Å². The molecule has 0 unspecified atom stereocenters. The van der Waals surface area contributed by atoms with Gasteiger partial charge in [0.05, 0.1) is 5.56 Å². The molecule has 0 aliphatic rings. The van der Waals surface area contributed by atoms with Crippen LogP contribution in [0.15, 0.2) is 54.6 Å². The lowest BCUT2D eigenvalue weighted by atomic mass is 9.99. The van der Waals surface area contributed by atoms with Crippen molar-refractivity contribution in [2.75, 3.05) is 0 Å². The fraction of sp³-hybridized carbons (Fsp3) is 0.143. The van der Waals surface area contributed by atoms with Gasteiger partial charge in [0.25, 0.3) is 0 Å². The van der Waals surface area contributed by atoms with Gasteiger partial charge in [-0.25, -0.2) is 26.3 Å². The highest BCUT2D eigenvalue weighted by Crippen LogP contribution is 2.30.